The van der Waals surface area contributed by atoms with Crippen LogP contribution in [0.2, 0.25) is 0 Å². The van der Waals surface area contributed by atoms with Crippen molar-refractivity contribution in [3.05, 3.63) is 46.1 Å². The lowest BCUT2D eigenvalue weighted by Gasteiger charge is -2.26. The molecule has 1 atom stereocenters. The van der Waals surface area contributed by atoms with Crippen LogP contribution < -0.4 is 5.32 Å². The van der Waals surface area contributed by atoms with Crippen LogP contribution in [-0.2, 0) is 13.6 Å². The van der Waals surface area contributed by atoms with Gasteiger partial charge in [0.05, 0.1) is 10.6 Å². The van der Waals surface area contributed by atoms with Gasteiger partial charge in [0.1, 0.15) is 0 Å². The molecule has 1 unspecified atom stereocenters. The van der Waals surface area contributed by atoms with Crippen molar-refractivity contribution >= 4 is 5.69 Å². The van der Waals surface area contributed by atoms with E-state index >= 15 is 0 Å². The summed E-state index contributed by atoms with van der Waals surface area (Å²) < 4.78 is 1.78. The van der Waals surface area contributed by atoms with E-state index in [2.05, 4.69) is 36.1 Å². The van der Waals surface area contributed by atoms with Crippen LogP contribution in [0.5, 0.6) is 0 Å². The maximum atomic E-state index is 10.8. The van der Waals surface area contributed by atoms with Crippen LogP contribution in [0.4, 0.5) is 5.69 Å². The molecule has 0 aliphatic rings. The quantitative estimate of drug-likeness (QED) is 0.559. The highest BCUT2D eigenvalue weighted by atomic mass is 16.6. The zero-order chi connectivity index (χ0) is 18.4. The SMILES string of the molecule is CCN(CC)C(C)CNCc1cn(C)nc1-c1ccc([N+](=O)[O-])cc1. The molecule has 1 heterocycles. The van der Waals surface area contributed by atoms with Gasteiger partial charge in [0, 0.05) is 55.6 Å². The molecular weight excluding hydrogens is 318 g/mol. The Bertz CT molecular complexity index is 692. The van der Waals surface area contributed by atoms with Gasteiger partial charge in [-0.15, -0.1) is 0 Å². The number of non-ortho nitro benzene ring substituents is 1. The fraction of sp³-hybridized carbons (Fsp3) is 0.500. The average molecular weight is 345 g/mol. The van der Waals surface area contributed by atoms with Crippen LogP contribution in [0.25, 0.3) is 11.3 Å². The van der Waals surface area contributed by atoms with Gasteiger partial charge < -0.3 is 5.32 Å². The standard InChI is InChI=1S/C18H27N5O2/c1-5-22(6-2)14(3)11-19-12-16-13-21(4)20-18(16)15-7-9-17(10-8-15)23(24)25/h7-10,13-14,19H,5-6,11-12H2,1-4H3. The summed E-state index contributed by atoms with van der Waals surface area (Å²) in [6.45, 7) is 10.3. The van der Waals surface area contributed by atoms with E-state index in [0.717, 1.165) is 36.5 Å². The van der Waals surface area contributed by atoms with E-state index in [0.29, 0.717) is 12.6 Å². The van der Waals surface area contributed by atoms with Gasteiger partial charge in [-0.3, -0.25) is 19.7 Å². The molecule has 2 aromatic rings. The van der Waals surface area contributed by atoms with Crippen LogP contribution in [0.1, 0.15) is 26.3 Å². The molecular formula is C18H27N5O2. The number of aromatic nitrogens is 2. The second kappa shape index (κ2) is 8.73. The maximum Gasteiger partial charge on any atom is 0.269 e. The number of rotatable bonds is 9. The minimum absolute atomic E-state index is 0.0902. The Hall–Kier alpha value is -2.25. The zero-order valence-corrected chi connectivity index (χ0v) is 15.4. The molecule has 0 aliphatic carbocycles. The normalized spacial score (nSPS) is 12.5. The Morgan fingerprint density at radius 2 is 1.92 bits per heavy atom. The number of aryl methyl sites for hydroxylation is 1. The summed E-state index contributed by atoms with van der Waals surface area (Å²) in [5.41, 5.74) is 2.93. The Kier molecular flexibility index (Phi) is 6.66. The van der Waals surface area contributed by atoms with Crippen LogP contribution in [-0.4, -0.2) is 45.3 Å². The number of nitrogens with zero attached hydrogens (tertiary/aromatic N) is 4. The fourth-order valence-electron chi connectivity index (χ4n) is 3.04. The lowest BCUT2D eigenvalue weighted by Crippen LogP contribution is -2.39. The average Bonchev–Trinajstić information content (AvgIpc) is 2.96. The van der Waals surface area contributed by atoms with E-state index < -0.39 is 0 Å². The van der Waals surface area contributed by atoms with Crippen molar-refractivity contribution < 1.29 is 4.92 Å². The molecule has 2 rings (SSSR count). The summed E-state index contributed by atoms with van der Waals surface area (Å²) >= 11 is 0. The third-order valence-corrected chi connectivity index (χ3v) is 4.45. The monoisotopic (exact) mass is 345 g/mol. The Balaban J connectivity index is 2.06. The number of benzene rings is 1. The molecule has 0 spiro atoms. The maximum absolute atomic E-state index is 10.8. The molecule has 0 aliphatic heterocycles. The molecule has 7 heteroatoms. The third-order valence-electron chi connectivity index (χ3n) is 4.45. The van der Waals surface area contributed by atoms with Gasteiger partial charge in [0.15, 0.2) is 0 Å². The highest BCUT2D eigenvalue weighted by Crippen LogP contribution is 2.24. The number of nitro benzene ring substituents is 1. The Morgan fingerprint density at radius 3 is 2.48 bits per heavy atom. The Morgan fingerprint density at radius 1 is 1.28 bits per heavy atom. The molecule has 1 aromatic heterocycles. The van der Waals surface area contributed by atoms with Crippen molar-refractivity contribution in [2.75, 3.05) is 19.6 Å². The molecule has 0 saturated heterocycles. The van der Waals surface area contributed by atoms with Crippen molar-refractivity contribution in [3.63, 3.8) is 0 Å². The lowest BCUT2D eigenvalue weighted by atomic mass is 10.1. The van der Waals surface area contributed by atoms with E-state index in [-0.39, 0.29) is 10.6 Å². The summed E-state index contributed by atoms with van der Waals surface area (Å²) in [6, 6.07) is 7.01. The molecule has 0 radical (unpaired) electrons. The van der Waals surface area contributed by atoms with Crippen LogP contribution in [0.3, 0.4) is 0 Å². The molecule has 25 heavy (non-hydrogen) atoms. The predicted molar refractivity (Wildman–Crippen MR) is 99.4 cm³/mol. The number of nitro groups is 1. The van der Waals surface area contributed by atoms with Gasteiger partial charge in [-0.05, 0) is 32.1 Å². The first-order valence-corrected chi connectivity index (χ1v) is 8.68. The lowest BCUT2D eigenvalue weighted by molar-refractivity contribution is -0.384. The second-order valence-corrected chi connectivity index (χ2v) is 6.18. The van der Waals surface area contributed by atoms with E-state index in [1.165, 1.54) is 12.1 Å². The number of likely N-dealkylation sites (N-methyl/N-ethyl adjacent to an activating group) is 1. The molecule has 0 amide bonds. The van der Waals surface area contributed by atoms with Gasteiger partial charge in [0.2, 0.25) is 0 Å². The molecule has 1 N–H and O–H groups in total. The van der Waals surface area contributed by atoms with Gasteiger partial charge in [-0.25, -0.2) is 0 Å². The second-order valence-electron chi connectivity index (χ2n) is 6.18. The van der Waals surface area contributed by atoms with Crippen molar-refractivity contribution in [2.24, 2.45) is 7.05 Å². The van der Waals surface area contributed by atoms with E-state index in [1.807, 2.05) is 13.2 Å². The minimum atomic E-state index is -0.390. The van der Waals surface area contributed by atoms with Crippen LogP contribution in [0, 0.1) is 10.1 Å². The first-order valence-electron chi connectivity index (χ1n) is 8.68. The summed E-state index contributed by atoms with van der Waals surface area (Å²) in [6.07, 6.45) is 1.99. The summed E-state index contributed by atoms with van der Waals surface area (Å²) in [7, 11) is 1.89. The molecule has 7 nitrogen and oxygen atoms in total. The highest BCUT2D eigenvalue weighted by molar-refractivity contribution is 5.64. The summed E-state index contributed by atoms with van der Waals surface area (Å²) in [5, 5.41) is 18.8. The zero-order valence-electron chi connectivity index (χ0n) is 15.4. The van der Waals surface area contributed by atoms with Gasteiger partial charge in [0.25, 0.3) is 5.69 Å². The molecule has 136 valence electrons. The van der Waals surface area contributed by atoms with Crippen LogP contribution in [0.15, 0.2) is 30.5 Å². The third kappa shape index (κ3) is 4.87. The number of hydrogen-bond donors (Lipinski definition) is 1. The minimum Gasteiger partial charge on any atom is -0.311 e. The molecule has 0 fully saturated rings. The van der Waals surface area contributed by atoms with Crippen molar-refractivity contribution in [3.8, 4) is 11.3 Å². The van der Waals surface area contributed by atoms with E-state index in [9.17, 15) is 10.1 Å². The van der Waals surface area contributed by atoms with Crippen molar-refractivity contribution in [1.29, 1.82) is 0 Å². The van der Waals surface area contributed by atoms with E-state index in [4.69, 9.17) is 0 Å². The van der Waals surface area contributed by atoms with Gasteiger partial charge in [-0.2, -0.15) is 5.10 Å². The summed E-state index contributed by atoms with van der Waals surface area (Å²) in [5.74, 6) is 0. The highest BCUT2D eigenvalue weighted by Gasteiger charge is 2.14. The summed E-state index contributed by atoms with van der Waals surface area (Å²) in [4.78, 5) is 12.8. The van der Waals surface area contributed by atoms with E-state index in [1.54, 1.807) is 16.8 Å². The topological polar surface area (TPSA) is 76.2 Å². The van der Waals surface area contributed by atoms with Gasteiger partial charge in [-0.1, -0.05) is 13.8 Å². The van der Waals surface area contributed by atoms with Crippen molar-refractivity contribution in [1.82, 2.24) is 20.0 Å². The number of nitrogens with one attached hydrogen (secondary N) is 1. The molecule has 0 bridgehead atoms. The van der Waals surface area contributed by atoms with Crippen LogP contribution >= 0.6 is 0 Å². The Labute approximate surface area is 148 Å². The van der Waals surface area contributed by atoms with Gasteiger partial charge >= 0.3 is 0 Å². The largest absolute Gasteiger partial charge is 0.311 e. The first kappa shape index (κ1) is 19.1. The molecule has 1 aromatic carbocycles. The molecule has 0 saturated carbocycles. The number of hydrogen-bond acceptors (Lipinski definition) is 5. The predicted octanol–water partition coefficient (Wildman–Crippen LogP) is 2.82. The smallest absolute Gasteiger partial charge is 0.269 e. The fourth-order valence-corrected chi connectivity index (χ4v) is 3.04. The first-order chi connectivity index (χ1) is 12.0. The van der Waals surface area contributed by atoms with Crippen molar-refractivity contribution in [2.45, 2.75) is 33.4 Å².